The van der Waals surface area contributed by atoms with Crippen molar-refractivity contribution in [2.24, 2.45) is 5.92 Å². The molecule has 0 aliphatic rings. The van der Waals surface area contributed by atoms with Crippen molar-refractivity contribution in [2.45, 2.75) is 20.3 Å². The second kappa shape index (κ2) is 5.77. The van der Waals surface area contributed by atoms with Gasteiger partial charge in [-0.15, -0.1) is 0 Å². The Bertz CT molecular complexity index is 438. The van der Waals surface area contributed by atoms with E-state index in [4.69, 9.17) is 11.6 Å². The maximum atomic E-state index is 13.5. The summed E-state index contributed by atoms with van der Waals surface area (Å²) in [6, 6.07) is 4.19. The van der Waals surface area contributed by atoms with Crippen LogP contribution in [-0.2, 0) is 0 Å². The molecule has 92 valence electrons. The third-order valence-electron chi connectivity index (χ3n) is 2.16. The fraction of sp³-hybridized carbons (Fsp3) is 0.333. The van der Waals surface area contributed by atoms with Crippen LogP contribution in [0, 0.1) is 21.8 Å². The minimum atomic E-state index is -0.555. The zero-order chi connectivity index (χ0) is 13.0. The Morgan fingerprint density at radius 2 is 2.24 bits per heavy atom. The number of rotatable bonds is 4. The van der Waals surface area contributed by atoms with E-state index in [2.05, 4.69) is 0 Å². The van der Waals surface area contributed by atoms with Gasteiger partial charge in [0.25, 0.3) is 0 Å². The number of halogens is 2. The molecular formula is C12H13ClFNO2. The van der Waals surface area contributed by atoms with E-state index in [0.29, 0.717) is 0 Å². The Balaban J connectivity index is 3.17. The summed E-state index contributed by atoms with van der Waals surface area (Å²) >= 11 is 5.81. The molecule has 0 radical (unpaired) electrons. The molecule has 0 saturated heterocycles. The van der Waals surface area contributed by atoms with Gasteiger partial charge in [-0.05, 0) is 18.1 Å². The van der Waals surface area contributed by atoms with E-state index in [9.17, 15) is 14.5 Å². The third kappa shape index (κ3) is 3.82. The SMILES string of the molecule is CC(C)CC(=Cc1c(F)cccc1Cl)[N+](=O)[O-]. The first-order valence-corrected chi connectivity index (χ1v) is 5.58. The second-order valence-corrected chi connectivity index (χ2v) is 4.53. The van der Waals surface area contributed by atoms with Crippen molar-refractivity contribution in [3.8, 4) is 0 Å². The molecule has 0 unspecified atom stereocenters. The van der Waals surface area contributed by atoms with Gasteiger partial charge in [0.1, 0.15) is 5.82 Å². The van der Waals surface area contributed by atoms with Gasteiger partial charge < -0.3 is 0 Å². The molecule has 5 heteroatoms. The molecule has 3 nitrogen and oxygen atoms in total. The number of nitrogens with zero attached hydrogens (tertiary/aromatic N) is 1. The molecule has 17 heavy (non-hydrogen) atoms. The molecule has 0 aliphatic carbocycles. The molecule has 0 aromatic heterocycles. The molecule has 0 atom stereocenters. The summed E-state index contributed by atoms with van der Waals surface area (Å²) in [5.74, 6) is -0.433. The lowest BCUT2D eigenvalue weighted by atomic mass is 10.1. The van der Waals surface area contributed by atoms with Crippen LogP contribution < -0.4 is 0 Å². The van der Waals surface area contributed by atoms with Crippen LogP contribution in [0.3, 0.4) is 0 Å². The van der Waals surface area contributed by atoms with E-state index in [0.717, 1.165) is 0 Å². The van der Waals surface area contributed by atoms with E-state index < -0.39 is 10.7 Å². The highest BCUT2D eigenvalue weighted by molar-refractivity contribution is 6.32. The predicted octanol–water partition coefficient (Wildman–Crippen LogP) is 4.14. The molecule has 0 heterocycles. The standard InChI is InChI=1S/C12H13ClFNO2/c1-8(2)6-9(15(16)17)7-10-11(13)4-3-5-12(10)14/h3-5,7-8H,6H2,1-2H3. The number of allylic oxidation sites excluding steroid dienone is 1. The second-order valence-electron chi connectivity index (χ2n) is 4.13. The average Bonchev–Trinajstić information content (AvgIpc) is 2.21. The van der Waals surface area contributed by atoms with Crippen molar-refractivity contribution in [3.05, 3.63) is 50.4 Å². The zero-order valence-corrected chi connectivity index (χ0v) is 10.4. The van der Waals surface area contributed by atoms with E-state index in [1.54, 1.807) is 0 Å². The van der Waals surface area contributed by atoms with Gasteiger partial charge >= 0.3 is 0 Å². The highest BCUT2D eigenvalue weighted by Crippen LogP contribution is 2.24. The van der Waals surface area contributed by atoms with Gasteiger partial charge in [-0.3, -0.25) is 10.1 Å². The first kappa shape index (κ1) is 13.6. The van der Waals surface area contributed by atoms with Crippen molar-refractivity contribution < 1.29 is 9.31 Å². The van der Waals surface area contributed by atoms with Gasteiger partial charge in [0, 0.05) is 18.1 Å². The van der Waals surface area contributed by atoms with E-state index >= 15 is 0 Å². The first-order valence-electron chi connectivity index (χ1n) is 5.20. The van der Waals surface area contributed by atoms with E-state index in [1.807, 2.05) is 13.8 Å². The first-order chi connectivity index (χ1) is 7.91. The molecule has 0 N–H and O–H groups in total. The summed E-state index contributed by atoms with van der Waals surface area (Å²) in [5, 5.41) is 11.0. The van der Waals surface area contributed by atoms with Crippen LogP contribution in [0.15, 0.2) is 23.9 Å². The number of benzene rings is 1. The molecule has 0 fully saturated rings. The fourth-order valence-electron chi connectivity index (χ4n) is 1.42. The predicted molar refractivity (Wildman–Crippen MR) is 65.8 cm³/mol. The van der Waals surface area contributed by atoms with Gasteiger partial charge in [0.05, 0.1) is 9.95 Å². The third-order valence-corrected chi connectivity index (χ3v) is 2.49. The smallest absolute Gasteiger partial charge is 0.247 e. The van der Waals surface area contributed by atoms with Crippen LogP contribution in [0.4, 0.5) is 4.39 Å². The van der Waals surface area contributed by atoms with Crippen LogP contribution in [0.25, 0.3) is 6.08 Å². The summed E-state index contributed by atoms with van der Waals surface area (Å²) in [7, 11) is 0. The monoisotopic (exact) mass is 257 g/mol. The summed E-state index contributed by atoms with van der Waals surface area (Å²) in [6.07, 6.45) is 1.48. The van der Waals surface area contributed by atoms with Crippen LogP contribution in [0.1, 0.15) is 25.8 Å². The molecule has 0 saturated carbocycles. The number of hydrogen-bond acceptors (Lipinski definition) is 2. The molecule has 0 amide bonds. The quantitative estimate of drug-likeness (QED) is 0.601. The summed E-state index contributed by atoms with van der Waals surface area (Å²) in [4.78, 5) is 10.3. The van der Waals surface area contributed by atoms with Gasteiger partial charge in [-0.1, -0.05) is 31.5 Å². The summed E-state index contributed by atoms with van der Waals surface area (Å²) < 4.78 is 13.5. The van der Waals surface area contributed by atoms with Crippen LogP contribution in [0.5, 0.6) is 0 Å². The largest absolute Gasteiger partial charge is 0.259 e. The number of hydrogen-bond donors (Lipinski definition) is 0. The minimum absolute atomic E-state index is 0.0352. The molecule has 0 spiro atoms. The molecule has 1 aromatic rings. The Morgan fingerprint density at radius 3 is 2.71 bits per heavy atom. The lowest BCUT2D eigenvalue weighted by Crippen LogP contribution is -2.03. The maximum Gasteiger partial charge on any atom is 0.247 e. The normalized spacial score (nSPS) is 11.9. The van der Waals surface area contributed by atoms with Crippen molar-refractivity contribution in [3.63, 3.8) is 0 Å². The zero-order valence-electron chi connectivity index (χ0n) is 9.61. The van der Waals surface area contributed by atoms with Crippen molar-refractivity contribution in [2.75, 3.05) is 0 Å². The lowest BCUT2D eigenvalue weighted by molar-refractivity contribution is -0.427. The van der Waals surface area contributed by atoms with Gasteiger partial charge in [0.15, 0.2) is 0 Å². The molecule has 1 aromatic carbocycles. The van der Waals surface area contributed by atoms with Crippen LogP contribution in [-0.4, -0.2) is 4.92 Å². The minimum Gasteiger partial charge on any atom is -0.259 e. The Labute approximate surface area is 104 Å². The fourth-order valence-corrected chi connectivity index (χ4v) is 1.64. The summed E-state index contributed by atoms with van der Waals surface area (Å²) in [5.41, 5.74) is 0.0357. The number of nitro groups is 1. The highest BCUT2D eigenvalue weighted by atomic mass is 35.5. The lowest BCUT2D eigenvalue weighted by Gasteiger charge is -2.04. The van der Waals surface area contributed by atoms with E-state index in [1.165, 1.54) is 24.3 Å². The Morgan fingerprint density at radius 1 is 1.59 bits per heavy atom. The van der Waals surface area contributed by atoms with Crippen LogP contribution in [0.2, 0.25) is 5.02 Å². The molecule has 1 rings (SSSR count). The molecular weight excluding hydrogens is 245 g/mol. The Hall–Kier alpha value is -1.42. The van der Waals surface area contributed by atoms with Gasteiger partial charge in [0.2, 0.25) is 5.70 Å². The maximum absolute atomic E-state index is 13.5. The van der Waals surface area contributed by atoms with E-state index in [-0.39, 0.29) is 28.6 Å². The molecule has 0 aliphatic heterocycles. The van der Waals surface area contributed by atoms with Gasteiger partial charge in [-0.2, -0.15) is 0 Å². The van der Waals surface area contributed by atoms with Gasteiger partial charge in [-0.25, -0.2) is 4.39 Å². The van der Waals surface area contributed by atoms with Crippen molar-refractivity contribution in [1.29, 1.82) is 0 Å². The highest BCUT2D eigenvalue weighted by Gasteiger charge is 2.15. The Kier molecular flexibility index (Phi) is 4.63. The van der Waals surface area contributed by atoms with Crippen molar-refractivity contribution in [1.82, 2.24) is 0 Å². The topological polar surface area (TPSA) is 43.1 Å². The average molecular weight is 258 g/mol. The summed E-state index contributed by atoms with van der Waals surface area (Å²) in [6.45, 7) is 3.72. The van der Waals surface area contributed by atoms with Crippen molar-refractivity contribution >= 4 is 17.7 Å². The van der Waals surface area contributed by atoms with Crippen LogP contribution >= 0.6 is 11.6 Å². The molecule has 0 bridgehead atoms.